The predicted molar refractivity (Wildman–Crippen MR) is 89.9 cm³/mol. The van der Waals surface area contributed by atoms with Crippen LogP contribution in [0.2, 0.25) is 0 Å². The number of benzene rings is 2. The van der Waals surface area contributed by atoms with Crippen LogP contribution in [-0.2, 0) is 15.3 Å². The molecule has 3 rings (SSSR count). The molecule has 2 aromatic rings. The number of sulfone groups is 1. The summed E-state index contributed by atoms with van der Waals surface area (Å²) in [4.78, 5) is 0.350. The molecule has 2 unspecified atom stereocenters. The van der Waals surface area contributed by atoms with Gasteiger partial charge in [-0.2, -0.15) is 0 Å². The molecule has 0 bridgehead atoms. The van der Waals surface area contributed by atoms with E-state index in [1.165, 1.54) is 18.4 Å². The molecule has 1 aliphatic carbocycles. The van der Waals surface area contributed by atoms with Gasteiger partial charge in [0.1, 0.15) is 5.82 Å². The van der Waals surface area contributed by atoms with E-state index < -0.39 is 9.84 Å². The number of rotatable bonds is 3. The van der Waals surface area contributed by atoms with E-state index in [-0.39, 0.29) is 11.2 Å². The first-order valence-electron chi connectivity index (χ1n) is 7.87. The lowest BCUT2D eigenvalue weighted by atomic mass is 9.71. The van der Waals surface area contributed by atoms with Crippen LogP contribution in [0.5, 0.6) is 0 Å². The van der Waals surface area contributed by atoms with Crippen molar-refractivity contribution >= 4 is 9.84 Å². The quantitative estimate of drug-likeness (QED) is 0.832. The summed E-state index contributed by atoms with van der Waals surface area (Å²) >= 11 is 0. The molecule has 1 aliphatic rings. The lowest BCUT2D eigenvalue weighted by molar-refractivity contribution is 0.430. The maximum Gasteiger partial charge on any atom is 0.175 e. The Kier molecular flexibility index (Phi) is 4.05. The van der Waals surface area contributed by atoms with E-state index in [4.69, 9.17) is 0 Å². The Balaban J connectivity index is 1.96. The normalized spacial score (nSPS) is 24.7. The summed E-state index contributed by atoms with van der Waals surface area (Å²) in [7, 11) is -3.17. The van der Waals surface area contributed by atoms with Crippen LogP contribution in [-0.4, -0.2) is 14.7 Å². The molecule has 1 fully saturated rings. The zero-order valence-electron chi connectivity index (χ0n) is 13.4. The molecule has 2 aromatic carbocycles. The fraction of sp³-hybridized carbons (Fsp3) is 0.368. The number of hydrogen-bond acceptors (Lipinski definition) is 2. The van der Waals surface area contributed by atoms with Gasteiger partial charge in [0.2, 0.25) is 0 Å². The maximum absolute atomic E-state index is 13.2. The van der Waals surface area contributed by atoms with Gasteiger partial charge in [-0.3, -0.25) is 0 Å². The molecular formula is C19H21FO2S. The summed E-state index contributed by atoms with van der Waals surface area (Å²) in [6.07, 6.45) is 4.45. The van der Waals surface area contributed by atoms with Crippen molar-refractivity contribution in [3.63, 3.8) is 0 Å². The SMILES string of the molecule is CC1(c2ccc(F)cc2)CCCC1c1ccc(S(C)(=O)=O)cc1. The Hall–Kier alpha value is -1.68. The van der Waals surface area contributed by atoms with Crippen molar-refractivity contribution < 1.29 is 12.8 Å². The van der Waals surface area contributed by atoms with Crippen LogP contribution < -0.4 is 0 Å². The van der Waals surface area contributed by atoms with Crippen LogP contribution >= 0.6 is 0 Å². The number of hydrogen-bond donors (Lipinski definition) is 0. The molecule has 0 aromatic heterocycles. The fourth-order valence-electron chi connectivity index (χ4n) is 3.82. The Bertz CT molecular complexity index is 794. The predicted octanol–water partition coefficient (Wildman–Crippen LogP) is 4.45. The summed E-state index contributed by atoms with van der Waals surface area (Å²) in [5.41, 5.74) is 2.26. The Morgan fingerprint density at radius 2 is 1.65 bits per heavy atom. The molecule has 0 aliphatic heterocycles. The van der Waals surface area contributed by atoms with E-state index in [1.54, 1.807) is 12.1 Å². The minimum absolute atomic E-state index is 0.0414. The van der Waals surface area contributed by atoms with E-state index in [9.17, 15) is 12.8 Å². The van der Waals surface area contributed by atoms with Crippen LogP contribution in [0.4, 0.5) is 4.39 Å². The van der Waals surface area contributed by atoms with E-state index >= 15 is 0 Å². The highest BCUT2D eigenvalue weighted by Crippen LogP contribution is 2.50. The van der Waals surface area contributed by atoms with Crippen molar-refractivity contribution in [3.05, 3.63) is 65.5 Å². The van der Waals surface area contributed by atoms with E-state index in [1.807, 2.05) is 24.3 Å². The highest BCUT2D eigenvalue weighted by atomic mass is 32.2. The molecule has 2 atom stereocenters. The van der Waals surface area contributed by atoms with E-state index in [2.05, 4.69) is 6.92 Å². The lowest BCUT2D eigenvalue weighted by Gasteiger charge is -2.33. The van der Waals surface area contributed by atoms with Crippen LogP contribution in [0, 0.1) is 5.82 Å². The second kappa shape index (κ2) is 5.75. The molecule has 2 nitrogen and oxygen atoms in total. The molecule has 0 N–H and O–H groups in total. The van der Waals surface area contributed by atoms with Gasteiger partial charge in [-0.1, -0.05) is 37.6 Å². The highest BCUT2D eigenvalue weighted by Gasteiger charge is 2.40. The standard InChI is InChI=1S/C19H21FO2S/c1-19(15-7-9-16(20)10-8-15)13-3-4-18(19)14-5-11-17(12-6-14)23(2,21)22/h5-12,18H,3-4,13H2,1-2H3. The van der Waals surface area contributed by atoms with Gasteiger partial charge in [-0.25, -0.2) is 12.8 Å². The van der Waals surface area contributed by atoms with Crippen molar-refractivity contribution in [2.75, 3.05) is 6.26 Å². The zero-order valence-corrected chi connectivity index (χ0v) is 14.2. The van der Waals surface area contributed by atoms with Crippen LogP contribution in [0.25, 0.3) is 0 Å². The molecular weight excluding hydrogens is 311 g/mol. The van der Waals surface area contributed by atoms with Gasteiger partial charge in [0.05, 0.1) is 4.90 Å². The summed E-state index contributed by atoms with van der Waals surface area (Å²) < 4.78 is 36.4. The average molecular weight is 332 g/mol. The first kappa shape index (κ1) is 16.2. The molecule has 0 saturated heterocycles. The Morgan fingerprint density at radius 3 is 2.22 bits per heavy atom. The smallest absolute Gasteiger partial charge is 0.175 e. The first-order chi connectivity index (χ1) is 10.8. The minimum atomic E-state index is -3.17. The second-order valence-electron chi connectivity index (χ2n) is 6.71. The van der Waals surface area contributed by atoms with E-state index in [0.29, 0.717) is 10.8 Å². The van der Waals surface area contributed by atoms with Gasteiger partial charge in [-0.15, -0.1) is 0 Å². The minimum Gasteiger partial charge on any atom is -0.224 e. The molecule has 0 heterocycles. The summed E-state index contributed by atoms with van der Waals surface area (Å²) in [6, 6.07) is 14.0. The lowest BCUT2D eigenvalue weighted by Crippen LogP contribution is -2.25. The Morgan fingerprint density at radius 1 is 1.04 bits per heavy atom. The van der Waals surface area contributed by atoms with Crippen molar-refractivity contribution in [2.24, 2.45) is 0 Å². The van der Waals surface area contributed by atoms with Gasteiger partial charge < -0.3 is 0 Å². The molecule has 1 saturated carbocycles. The summed E-state index contributed by atoms with van der Waals surface area (Å²) in [6.45, 7) is 2.22. The molecule has 23 heavy (non-hydrogen) atoms. The van der Waals surface area contributed by atoms with Crippen molar-refractivity contribution in [3.8, 4) is 0 Å². The molecule has 122 valence electrons. The average Bonchev–Trinajstić information content (AvgIpc) is 2.90. The van der Waals surface area contributed by atoms with E-state index in [0.717, 1.165) is 30.4 Å². The van der Waals surface area contributed by atoms with Gasteiger partial charge >= 0.3 is 0 Å². The molecule has 4 heteroatoms. The van der Waals surface area contributed by atoms with Crippen LogP contribution in [0.3, 0.4) is 0 Å². The van der Waals surface area contributed by atoms with Gasteiger partial charge in [0, 0.05) is 6.26 Å². The fourth-order valence-corrected chi connectivity index (χ4v) is 4.45. The molecule has 0 spiro atoms. The molecule has 0 amide bonds. The van der Waals surface area contributed by atoms with Crippen molar-refractivity contribution in [2.45, 2.75) is 42.4 Å². The number of halogens is 1. The van der Waals surface area contributed by atoms with Crippen molar-refractivity contribution in [1.82, 2.24) is 0 Å². The third-order valence-electron chi connectivity index (χ3n) is 5.17. The van der Waals surface area contributed by atoms with Crippen molar-refractivity contribution in [1.29, 1.82) is 0 Å². The highest BCUT2D eigenvalue weighted by molar-refractivity contribution is 7.90. The van der Waals surface area contributed by atoms with Gasteiger partial charge in [0.25, 0.3) is 0 Å². The summed E-state index contributed by atoms with van der Waals surface area (Å²) in [5.74, 6) is 0.103. The third kappa shape index (κ3) is 3.05. The largest absolute Gasteiger partial charge is 0.224 e. The monoisotopic (exact) mass is 332 g/mol. The zero-order chi connectivity index (χ0) is 16.7. The topological polar surface area (TPSA) is 34.1 Å². The molecule has 0 radical (unpaired) electrons. The first-order valence-corrected chi connectivity index (χ1v) is 9.76. The van der Waals surface area contributed by atoms with Crippen LogP contribution in [0.15, 0.2) is 53.4 Å². The third-order valence-corrected chi connectivity index (χ3v) is 6.30. The van der Waals surface area contributed by atoms with Gasteiger partial charge in [0.15, 0.2) is 9.84 Å². The summed E-state index contributed by atoms with van der Waals surface area (Å²) in [5, 5.41) is 0. The van der Waals surface area contributed by atoms with Crippen LogP contribution in [0.1, 0.15) is 43.2 Å². The van der Waals surface area contributed by atoms with Gasteiger partial charge in [-0.05, 0) is 59.6 Å². The maximum atomic E-state index is 13.2. The Labute approximate surface area is 137 Å². The second-order valence-corrected chi connectivity index (χ2v) is 8.73.